The molecule has 0 atom stereocenters. The maximum absolute atomic E-state index is 11.8. The second kappa shape index (κ2) is 3.96. The molecule has 15 heavy (non-hydrogen) atoms. The maximum atomic E-state index is 11.8. The summed E-state index contributed by atoms with van der Waals surface area (Å²) in [6.07, 6.45) is 5.94. The molecule has 0 spiro atoms. The van der Waals surface area contributed by atoms with E-state index in [0.717, 1.165) is 5.69 Å². The topological polar surface area (TPSA) is 55.7 Å². The molecule has 0 amide bonds. The summed E-state index contributed by atoms with van der Waals surface area (Å²) in [5, 5.41) is 0. The number of carbonyl (C=O) groups excluding carboxylic acids is 1. The van der Waals surface area contributed by atoms with Crippen LogP contribution >= 0.6 is 0 Å². The monoisotopic (exact) mass is 199 g/mol. The molecule has 74 valence electrons. The third-order valence-electron chi connectivity index (χ3n) is 2.00. The fraction of sp³-hybridized carbons (Fsp3) is 0.0909. The summed E-state index contributed by atoms with van der Waals surface area (Å²) in [4.78, 5) is 23.5. The molecule has 0 N–H and O–H groups in total. The number of aromatic nitrogens is 3. The molecule has 0 aliphatic carbocycles. The highest BCUT2D eigenvalue weighted by Crippen LogP contribution is 2.06. The average molecular weight is 199 g/mol. The number of ketones is 1. The molecule has 4 heteroatoms. The van der Waals surface area contributed by atoms with Gasteiger partial charge in [-0.15, -0.1) is 0 Å². The fourth-order valence-corrected chi connectivity index (χ4v) is 1.19. The molecule has 0 aliphatic heterocycles. The van der Waals surface area contributed by atoms with Crippen LogP contribution in [0.5, 0.6) is 0 Å². The van der Waals surface area contributed by atoms with Gasteiger partial charge in [-0.05, 0) is 19.1 Å². The largest absolute Gasteiger partial charge is 0.288 e. The van der Waals surface area contributed by atoms with Gasteiger partial charge < -0.3 is 0 Å². The van der Waals surface area contributed by atoms with E-state index in [1.807, 2.05) is 6.92 Å². The number of carbonyl (C=O) groups is 1. The first-order valence-electron chi connectivity index (χ1n) is 4.50. The highest BCUT2D eigenvalue weighted by molar-refractivity contribution is 6.08. The van der Waals surface area contributed by atoms with Gasteiger partial charge in [0.25, 0.3) is 0 Å². The Balaban J connectivity index is 2.33. The number of nitrogens with zero attached hydrogens (tertiary/aromatic N) is 3. The zero-order chi connectivity index (χ0) is 10.7. The highest BCUT2D eigenvalue weighted by Gasteiger charge is 2.08. The van der Waals surface area contributed by atoms with E-state index in [2.05, 4.69) is 15.0 Å². The second-order valence-corrected chi connectivity index (χ2v) is 3.14. The normalized spacial score (nSPS) is 9.93. The molecule has 2 aromatic heterocycles. The third-order valence-corrected chi connectivity index (χ3v) is 2.00. The van der Waals surface area contributed by atoms with Gasteiger partial charge in [0.15, 0.2) is 5.78 Å². The molecular weight excluding hydrogens is 190 g/mol. The van der Waals surface area contributed by atoms with Crippen LogP contribution in [-0.2, 0) is 0 Å². The van der Waals surface area contributed by atoms with E-state index in [0.29, 0.717) is 11.1 Å². The zero-order valence-corrected chi connectivity index (χ0v) is 8.21. The minimum absolute atomic E-state index is 0.108. The van der Waals surface area contributed by atoms with Crippen LogP contribution in [0, 0.1) is 6.92 Å². The predicted octanol–water partition coefficient (Wildman–Crippen LogP) is 1.41. The Bertz CT molecular complexity index is 465. The summed E-state index contributed by atoms with van der Waals surface area (Å²) in [5.74, 6) is -0.108. The van der Waals surface area contributed by atoms with Crippen molar-refractivity contribution in [1.29, 1.82) is 0 Å². The summed E-state index contributed by atoms with van der Waals surface area (Å²) in [5.41, 5.74) is 1.91. The predicted molar refractivity (Wildman–Crippen MR) is 54.4 cm³/mol. The van der Waals surface area contributed by atoms with Crippen molar-refractivity contribution < 1.29 is 4.79 Å². The molecule has 0 fully saturated rings. The van der Waals surface area contributed by atoms with E-state index in [-0.39, 0.29) is 5.78 Å². The lowest BCUT2D eigenvalue weighted by molar-refractivity contribution is 0.103. The molecule has 0 bridgehead atoms. The van der Waals surface area contributed by atoms with Crippen molar-refractivity contribution in [3.05, 3.63) is 53.9 Å². The lowest BCUT2D eigenvalue weighted by atomic mass is 10.1. The van der Waals surface area contributed by atoms with Crippen LogP contribution in [0.25, 0.3) is 0 Å². The first-order valence-corrected chi connectivity index (χ1v) is 4.50. The van der Waals surface area contributed by atoms with E-state index in [1.54, 1.807) is 18.3 Å². The quantitative estimate of drug-likeness (QED) is 0.686. The van der Waals surface area contributed by atoms with Gasteiger partial charge in [-0.2, -0.15) is 0 Å². The Kier molecular flexibility index (Phi) is 2.49. The Hall–Kier alpha value is -2.10. The lowest BCUT2D eigenvalue weighted by Crippen LogP contribution is -2.03. The van der Waals surface area contributed by atoms with Crippen LogP contribution in [0.4, 0.5) is 0 Å². The number of hydrogen-bond acceptors (Lipinski definition) is 4. The van der Waals surface area contributed by atoms with Crippen molar-refractivity contribution in [1.82, 2.24) is 15.0 Å². The van der Waals surface area contributed by atoms with Crippen molar-refractivity contribution in [2.24, 2.45) is 0 Å². The van der Waals surface area contributed by atoms with Crippen LogP contribution in [0.3, 0.4) is 0 Å². The van der Waals surface area contributed by atoms with Gasteiger partial charge in [0.2, 0.25) is 0 Å². The van der Waals surface area contributed by atoms with Crippen molar-refractivity contribution >= 4 is 5.78 Å². The fourth-order valence-electron chi connectivity index (χ4n) is 1.19. The number of pyridine rings is 1. The SMILES string of the molecule is Cc1ccc(C(=O)c2cncnc2)cn1. The van der Waals surface area contributed by atoms with Gasteiger partial charge in [-0.3, -0.25) is 9.78 Å². The van der Waals surface area contributed by atoms with Gasteiger partial charge in [0, 0.05) is 29.8 Å². The zero-order valence-electron chi connectivity index (χ0n) is 8.21. The summed E-state index contributed by atoms with van der Waals surface area (Å²) < 4.78 is 0. The van der Waals surface area contributed by atoms with Crippen molar-refractivity contribution in [2.45, 2.75) is 6.92 Å². The molecule has 2 aromatic rings. The second-order valence-electron chi connectivity index (χ2n) is 3.14. The molecule has 2 rings (SSSR count). The Morgan fingerprint density at radius 1 is 1.07 bits per heavy atom. The van der Waals surface area contributed by atoms with Crippen LogP contribution in [0.1, 0.15) is 21.6 Å². The first-order chi connectivity index (χ1) is 7.27. The number of hydrogen-bond donors (Lipinski definition) is 0. The van der Waals surface area contributed by atoms with Crippen LogP contribution < -0.4 is 0 Å². The van der Waals surface area contributed by atoms with E-state index in [4.69, 9.17) is 0 Å². The Morgan fingerprint density at radius 3 is 2.40 bits per heavy atom. The van der Waals surface area contributed by atoms with E-state index >= 15 is 0 Å². The molecule has 0 aromatic carbocycles. The number of aryl methyl sites for hydroxylation is 1. The molecule has 0 radical (unpaired) electrons. The van der Waals surface area contributed by atoms with Crippen LogP contribution in [-0.4, -0.2) is 20.7 Å². The van der Waals surface area contributed by atoms with Crippen molar-refractivity contribution in [2.75, 3.05) is 0 Å². The smallest absolute Gasteiger partial charge is 0.197 e. The van der Waals surface area contributed by atoms with E-state index in [1.165, 1.54) is 18.7 Å². The molecular formula is C11H9N3O. The molecule has 0 aliphatic rings. The molecule has 4 nitrogen and oxygen atoms in total. The lowest BCUT2D eigenvalue weighted by Gasteiger charge is -1.99. The molecule has 0 saturated heterocycles. The van der Waals surface area contributed by atoms with Crippen molar-refractivity contribution in [3.63, 3.8) is 0 Å². The summed E-state index contributed by atoms with van der Waals surface area (Å²) in [6, 6.07) is 3.55. The maximum Gasteiger partial charge on any atom is 0.197 e. The molecule has 0 unspecified atom stereocenters. The summed E-state index contributed by atoms with van der Waals surface area (Å²) in [6.45, 7) is 1.87. The van der Waals surface area contributed by atoms with Gasteiger partial charge in [0.1, 0.15) is 6.33 Å². The number of rotatable bonds is 2. The standard InChI is InChI=1S/C11H9N3O/c1-8-2-3-9(6-14-8)11(15)10-4-12-7-13-5-10/h2-7H,1H3. The summed E-state index contributed by atoms with van der Waals surface area (Å²) >= 11 is 0. The van der Waals surface area contributed by atoms with Crippen molar-refractivity contribution in [3.8, 4) is 0 Å². The van der Waals surface area contributed by atoms with Gasteiger partial charge in [-0.25, -0.2) is 9.97 Å². The summed E-state index contributed by atoms with van der Waals surface area (Å²) in [7, 11) is 0. The molecule has 0 saturated carbocycles. The molecule has 2 heterocycles. The average Bonchev–Trinajstić information content (AvgIpc) is 2.30. The third kappa shape index (κ3) is 2.04. The highest BCUT2D eigenvalue weighted by atomic mass is 16.1. The van der Waals surface area contributed by atoms with Crippen LogP contribution in [0.2, 0.25) is 0 Å². The van der Waals surface area contributed by atoms with Gasteiger partial charge in [0.05, 0.1) is 5.56 Å². The minimum atomic E-state index is -0.108. The Morgan fingerprint density at radius 2 is 1.80 bits per heavy atom. The first kappa shape index (κ1) is 9.45. The van der Waals surface area contributed by atoms with E-state index in [9.17, 15) is 4.79 Å². The van der Waals surface area contributed by atoms with Crippen LogP contribution in [0.15, 0.2) is 37.1 Å². The van der Waals surface area contributed by atoms with E-state index < -0.39 is 0 Å². The van der Waals surface area contributed by atoms with Gasteiger partial charge in [-0.1, -0.05) is 0 Å². The van der Waals surface area contributed by atoms with Gasteiger partial charge >= 0.3 is 0 Å². The minimum Gasteiger partial charge on any atom is -0.288 e. The Labute approximate surface area is 87.0 Å².